The molecule has 1 unspecified atom stereocenters. The van der Waals surface area contributed by atoms with Crippen molar-refractivity contribution in [2.75, 3.05) is 79.0 Å². The summed E-state index contributed by atoms with van der Waals surface area (Å²) >= 11 is 0. The van der Waals surface area contributed by atoms with Crippen LogP contribution in [0.25, 0.3) is 0 Å². The SMILES string of the molecule is BC(c1cccc(C(=O)O)n1)N1CCOCCOCCN(Cc2cccc(C(=O)O)n2)CCOCCOCC1. The van der Waals surface area contributed by atoms with Gasteiger partial charge in [0.15, 0.2) is 0 Å². The molecule has 39 heavy (non-hydrogen) atoms. The Hall–Kier alpha value is -2.94. The Bertz CT molecular complexity index is 1030. The Labute approximate surface area is 229 Å². The summed E-state index contributed by atoms with van der Waals surface area (Å²) in [7, 11) is 1.99. The molecule has 0 amide bonds. The van der Waals surface area contributed by atoms with Crippen molar-refractivity contribution in [3.63, 3.8) is 0 Å². The van der Waals surface area contributed by atoms with Crippen molar-refractivity contribution >= 4 is 19.8 Å². The van der Waals surface area contributed by atoms with Crippen LogP contribution in [0.3, 0.4) is 0 Å². The van der Waals surface area contributed by atoms with E-state index in [1.54, 1.807) is 12.1 Å². The molecule has 0 radical (unpaired) electrons. The Balaban J connectivity index is 1.52. The Kier molecular flexibility index (Phi) is 13.3. The predicted molar refractivity (Wildman–Crippen MR) is 144 cm³/mol. The third kappa shape index (κ3) is 11.0. The lowest BCUT2D eigenvalue weighted by Crippen LogP contribution is -2.36. The van der Waals surface area contributed by atoms with Crippen LogP contribution in [-0.2, 0) is 25.5 Å². The first-order valence-electron chi connectivity index (χ1n) is 13.1. The summed E-state index contributed by atoms with van der Waals surface area (Å²) in [4.78, 5) is 35.4. The highest BCUT2D eigenvalue weighted by Crippen LogP contribution is 2.16. The van der Waals surface area contributed by atoms with Crippen LogP contribution in [0, 0.1) is 0 Å². The highest BCUT2D eigenvalue weighted by molar-refractivity contribution is 6.11. The molecule has 12 nitrogen and oxygen atoms in total. The first-order valence-corrected chi connectivity index (χ1v) is 13.1. The lowest BCUT2D eigenvalue weighted by Gasteiger charge is -2.29. The summed E-state index contributed by atoms with van der Waals surface area (Å²) < 4.78 is 23.1. The summed E-state index contributed by atoms with van der Waals surface area (Å²) in [6.07, 6.45) is 0. The quantitative estimate of drug-likeness (QED) is 0.486. The molecule has 3 heterocycles. The van der Waals surface area contributed by atoms with Crippen LogP contribution in [0.5, 0.6) is 0 Å². The lowest BCUT2D eigenvalue weighted by atomic mass is 9.90. The monoisotopic (exact) mass is 544 g/mol. The molecule has 0 spiro atoms. The first-order chi connectivity index (χ1) is 18.9. The van der Waals surface area contributed by atoms with Crippen molar-refractivity contribution in [1.29, 1.82) is 0 Å². The zero-order chi connectivity index (χ0) is 27.9. The zero-order valence-electron chi connectivity index (χ0n) is 22.4. The topological polar surface area (TPSA) is 144 Å². The minimum absolute atomic E-state index is 0.0196. The molecule has 1 atom stereocenters. The van der Waals surface area contributed by atoms with Gasteiger partial charge in [-0.15, -0.1) is 0 Å². The first kappa shape index (κ1) is 30.6. The fourth-order valence-electron chi connectivity index (χ4n) is 4.07. The summed E-state index contributed by atoms with van der Waals surface area (Å²) in [5, 5.41) is 18.5. The number of carbonyl (C=O) groups is 2. The van der Waals surface area contributed by atoms with Crippen LogP contribution in [0.4, 0.5) is 0 Å². The van der Waals surface area contributed by atoms with Gasteiger partial charge in [-0.25, -0.2) is 19.6 Å². The van der Waals surface area contributed by atoms with Crippen molar-refractivity contribution in [2.45, 2.75) is 12.5 Å². The maximum atomic E-state index is 11.3. The van der Waals surface area contributed by atoms with Gasteiger partial charge in [-0.05, 0) is 24.3 Å². The van der Waals surface area contributed by atoms with Gasteiger partial charge in [0.25, 0.3) is 0 Å². The van der Waals surface area contributed by atoms with E-state index in [2.05, 4.69) is 19.8 Å². The van der Waals surface area contributed by atoms with Gasteiger partial charge in [0.2, 0.25) is 0 Å². The molecular formula is C26H37BN4O8. The number of ether oxygens (including phenoxy) is 4. The fraction of sp³-hybridized carbons (Fsp3) is 0.538. The lowest BCUT2D eigenvalue weighted by molar-refractivity contribution is 0.00518. The van der Waals surface area contributed by atoms with Gasteiger partial charge in [0.1, 0.15) is 19.2 Å². The number of aromatic carboxylic acids is 2. The molecule has 2 aromatic heterocycles. The number of pyridine rings is 2. The molecule has 3 rings (SSSR count). The van der Waals surface area contributed by atoms with E-state index in [4.69, 9.17) is 18.9 Å². The maximum absolute atomic E-state index is 11.3. The standard InChI is InChI=1S/C26H37BN4O8/c27-24(21-4-2-6-23(29-21)26(34)35)31-9-13-38-17-15-36-11-7-30(8-12-37-16-18-39-14-10-31)19-20-3-1-5-22(28-20)25(32)33/h1-6,24H,7-19,27H2,(H,32,33)(H,34,35). The largest absolute Gasteiger partial charge is 0.477 e. The number of aromatic nitrogens is 2. The third-order valence-electron chi connectivity index (χ3n) is 6.27. The Morgan fingerprint density at radius 1 is 0.744 bits per heavy atom. The van der Waals surface area contributed by atoms with Crippen molar-refractivity contribution in [1.82, 2.24) is 19.8 Å². The van der Waals surface area contributed by atoms with Crippen LogP contribution in [-0.4, -0.2) is 129 Å². The third-order valence-corrected chi connectivity index (χ3v) is 6.27. The van der Waals surface area contributed by atoms with Crippen molar-refractivity contribution in [3.05, 3.63) is 59.2 Å². The number of rotatable bonds is 6. The highest BCUT2D eigenvalue weighted by Gasteiger charge is 2.18. The van der Waals surface area contributed by atoms with Crippen LogP contribution >= 0.6 is 0 Å². The Morgan fingerprint density at radius 3 is 1.77 bits per heavy atom. The Morgan fingerprint density at radius 2 is 1.23 bits per heavy atom. The van der Waals surface area contributed by atoms with E-state index in [-0.39, 0.29) is 17.3 Å². The van der Waals surface area contributed by atoms with E-state index in [9.17, 15) is 19.8 Å². The van der Waals surface area contributed by atoms with E-state index in [0.29, 0.717) is 97.0 Å². The molecule has 13 heteroatoms. The van der Waals surface area contributed by atoms with E-state index in [0.717, 1.165) is 0 Å². The van der Waals surface area contributed by atoms with Gasteiger partial charge < -0.3 is 29.2 Å². The van der Waals surface area contributed by atoms with Gasteiger partial charge in [0, 0.05) is 38.7 Å². The zero-order valence-corrected chi connectivity index (χ0v) is 22.4. The van der Waals surface area contributed by atoms with Crippen molar-refractivity contribution < 1.29 is 38.7 Å². The van der Waals surface area contributed by atoms with Crippen LogP contribution in [0.15, 0.2) is 36.4 Å². The van der Waals surface area contributed by atoms with E-state index in [1.807, 2.05) is 20.0 Å². The van der Waals surface area contributed by atoms with E-state index in [1.165, 1.54) is 12.1 Å². The van der Waals surface area contributed by atoms with Crippen LogP contribution in [0.1, 0.15) is 38.3 Å². The second kappa shape index (κ2) is 16.9. The average molecular weight is 544 g/mol. The number of nitrogens with zero attached hydrogens (tertiary/aromatic N) is 4. The molecule has 0 bridgehead atoms. The molecule has 212 valence electrons. The van der Waals surface area contributed by atoms with Crippen LogP contribution < -0.4 is 0 Å². The molecule has 0 saturated carbocycles. The van der Waals surface area contributed by atoms with Gasteiger partial charge in [-0.3, -0.25) is 9.80 Å². The fourth-order valence-corrected chi connectivity index (χ4v) is 4.07. The maximum Gasteiger partial charge on any atom is 0.354 e. The predicted octanol–water partition coefficient (Wildman–Crippen LogP) is 0.389. The number of hydrogen-bond acceptors (Lipinski definition) is 10. The minimum atomic E-state index is -1.05. The molecule has 2 aromatic rings. The normalized spacial score (nSPS) is 19.0. The number of hydrogen-bond donors (Lipinski definition) is 2. The molecule has 0 aliphatic carbocycles. The molecule has 1 saturated heterocycles. The number of carboxylic acid groups (broad SMARTS) is 2. The summed E-state index contributed by atoms with van der Waals surface area (Å²) in [6, 6.07) is 10.00. The summed E-state index contributed by atoms with van der Waals surface area (Å²) in [6.45, 7) is 6.69. The van der Waals surface area contributed by atoms with Gasteiger partial charge in [-0.2, -0.15) is 0 Å². The number of carboxylic acids is 2. The van der Waals surface area contributed by atoms with E-state index >= 15 is 0 Å². The molecule has 1 aliphatic rings. The molecule has 1 aliphatic heterocycles. The van der Waals surface area contributed by atoms with Gasteiger partial charge in [-0.1, -0.05) is 12.1 Å². The second-order valence-corrected chi connectivity index (χ2v) is 9.01. The van der Waals surface area contributed by atoms with Gasteiger partial charge in [0.05, 0.1) is 64.2 Å². The van der Waals surface area contributed by atoms with Crippen LogP contribution in [0.2, 0.25) is 0 Å². The van der Waals surface area contributed by atoms with Crippen molar-refractivity contribution in [2.24, 2.45) is 0 Å². The van der Waals surface area contributed by atoms with Gasteiger partial charge >= 0.3 is 11.9 Å². The summed E-state index contributed by atoms with van der Waals surface area (Å²) in [5.74, 6) is -2.22. The second-order valence-electron chi connectivity index (χ2n) is 9.01. The molecule has 2 N–H and O–H groups in total. The van der Waals surface area contributed by atoms with Crippen molar-refractivity contribution in [3.8, 4) is 0 Å². The molecular weight excluding hydrogens is 507 g/mol. The average Bonchev–Trinajstić information content (AvgIpc) is 2.93. The highest BCUT2D eigenvalue weighted by atomic mass is 16.5. The minimum Gasteiger partial charge on any atom is -0.477 e. The molecule has 0 aromatic carbocycles. The van der Waals surface area contributed by atoms with E-state index < -0.39 is 11.9 Å². The smallest absolute Gasteiger partial charge is 0.354 e. The molecule has 1 fully saturated rings. The summed E-state index contributed by atoms with van der Waals surface area (Å²) in [5.41, 5.74) is 1.39.